The van der Waals surface area contributed by atoms with Gasteiger partial charge in [-0.2, -0.15) is 0 Å². The fraction of sp³-hybridized carbons (Fsp3) is 0.400. The summed E-state index contributed by atoms with van der Waals surface area (Å²) in [5.74, 6) is 1.89. The Kier molecular flexibility index (Phi) is 4.35. The quantitative estimate of drug-likeness (QED) is 0.896. The van der Waals surface area contributed by atoms with Gasteiger partial charge in [-0.25, -0.2) is 0 Å². The van der Waals surface area contributed by atoms with E-state index < -0.39 is 0 Å². The monoisotopic (exact) mass is 259 g/mol. The van der Waals surface area contributed by atoms with Gasteiger partial charge in [-0.15, -0.1) is 0 Å². The van der Waals surface area contributed by atoms with Gasteiger partial charge in [-0.1, -0.05) is 6.07 Å². The predicted octanol–water partition coefficient (Wildman–Crippen LogP) is 2.42. The van der Waals surface area contributed by atoms with Gasteiger partial charge in [0.25, 0.3) is 0 Å². The van der Waals surface area contributed by atoms with Crippen LogP contribution in [0.2, 0.25) is 0 Å². The van der Waals surface area contributed by atoms with Crippen molar-refractivity contribution in [1.82, 2.24) is 9.88 Å². The lowest BCUT2D eigenvalue weighted by molar-refractivity contribution is 0.221. The normalized spacial score (nSPS) is 12.9. The summed E-state index contributed by atoms with van der Waals surface area (Å²) in [6, 6.07) is 8.24. The number of likely N-dealkylation sites (N-methyl/N-ethyl adjacent to an activating group) is 1. The van der Waals surface area contributed by atoms with E-state index in [-0.39, 0.29) is 6.04 Å². The second kappa shape index (κ2) is 5.99. The van der Waals surface area contributed by atoms with Gasteiger partial charge in [-0.3, -0.25) is 9.88 Å². The van der Waals surface area contributed by atoms with Crippen molar-refractivity contribution in [2.24, 2.45) is 5.73 Å². The van der Waals surface area contributed by atoms with E-state index in [1.54, 1.807) is 0 Å². The van der Waals surface area contributed by atoms with Crippen LogP contribution >= 0.6 is 0 Å². The highest BCUT2D eigenvalue weighted by molar-refractivity contribution is 5.18. The first-order valence-corrected chi connectivity index (χ1v) is 6.48. The van der Waals surface area contributed by atoms with Crippen LogP contribution in [-0.4, -0.2) is 23.5 Å². The number of hydrogen-bond acceptors (Lipinski definition) is 4. The molecule has 0 aromatic carbocycles. The minimum atomic E-state index is 0.151. The van der Waals surface area contributed by atoms with E-state index in [1.165, 1.54) is 0 Å². The maximum Gasteiger partial charge on any atom is 0.118 e. The fourth-order valence-corrected chi connectivity index (χ4v) is 2.17. The number of nitrogens with two attached hydrogens (primary N) is 1. The molecule has 0 amide bonds. The molecule has 4 heteroatoms. The Balaban J connectivity index is 2.10. The van der Waals surface area contributed by atoms with E-state index >= 15 is 0 Å². The third-order valence-corrected chi connectivity index (χ3v) is 3.28. The lowest BCUT2D eigenvalue weighted by Gasteiger charge is -2.26. The van der Waals surface area contributed by atoms with Crippen LogP contribution in [0.15, 0.2) is 34.9 Å². The van der Waals surface area contributed by atoms with Gasteiger partial charge in [0.05, 0.1) is 6.54 Å². The van der Waals surface area contributed by atoms with Crippen molar-refractivity contribution < 1.29 is 4.42 Å². The van der Waals surface area contributed by atoms with Crippen molar-refractivity contribution in [1.29, 1.82) is 0 Å². The Hall–Kier alpha value is -1.65. The van der Waals surface area contributed by atoms with E-state index in [2.05, 4.69) is 23.0 Å². The zero-order valence-corrected chi connectivity index (χ0v) is 11.8. The van der Waals surface area contributed by atoms with Crippen LogP contribution in [-0.2, 0) is 6.54 Å². The molecule has 1 atom stereocenters. The molecule has 0 radical (unpaired) electrons. The van der Waals surface area contributed by atoms with Gasteiger partial charge in [0.2, 0.25) is 0 Å². The summed E-state index contributed by atoms with van der Waals surface area (Å²) in [5.41, 5.74) is 8.06. The second-order valence-corrected chi connectivity index (χ2v) is 4.91. The molecule has 2 rings (SSSR count). The number of rotatable bonds is 5. The van der Waals surface area contributed by atoms with Gasteiger partial charge in [0.15, 0.2) is 0 Å². The van der Waals surface area contributed by atoms with Gasteiger partial charge < -0.3 is 10.2 Å². The number of nitrogens with zero attached hydrogens (tertiary/aromatic N) is 2. The molecule has 1 unspecified atom stereocenters. The third kappa shape index (κ3) is 3.43. The number of aromatic nitrogens is 1. The number of hydrogen-bond donors (Lipinski definition) is 1. The number of aryl methyl sites for hydroxylation is 2. The summed E-state index contributed by atoms with van der Waals surface area (Å²) < 4.78 is 5.61. The number of pyridine rings is 1. The molecule has 0 saturated heterocycles. The van der Waals surface area contributed by atoms with Crippen LogP contribution in [0.3, 0.4) is 0 Å². The first-order chi connectivity index (χ1) is 9.10. The molecule has 0 spiro atoms. The van der Waals surface area contributed by atoms with Gasteiger partial charge >= 0.3 is 0 Å². The summed E-state index contributed by atoms with van der Waals surface area (Å²) >= 11 is 0. The van der Waals surface area contributed by atoms with Crippen molar-refractivity contribution in [3.8, 4) is 0 Å². The molecule has 102 valence electrons. The molecule has 4 nitrogen and oxygen atoms in total. The fourth-order valence-electron chi connectivity index (χ4n) is 2.17. The predicted molar refractivity (Wildman–Crippen MR) is 75.7 cm³/mol. The SMILES string of the molecule is Cc1ccc(C(CN)N(C)Cc2ccc(C)o2)cn1. The maximum atomic E-state index is 5.90. The zero-order valence-electron chi connectivity index (χ0n) is 11.8. The molecule has 0 fully saturated rings. The Bertz CT molecular complexity index is 518. The molecule has 2 N–H and O–H groups in total. The van der Waals surface area contributed by atoms with Crippen LogP contribution in [0.4, 0.5) is 0 Å². The Morgan fingerprint density at radius 2 is 2.05 bits per heavy atom. The number of furan rings is 1. The van der Waals surface area contributed by atoms with Gasteiger partial charge in [-0.05, 0) is 44.7 Å². The summed E-state index contributed by atoms with van der Waals surface area (Å²) in [6.45, 7) is 5.23. The highest BCUT2D eigenvalue weighted by Gasteiger charge is 2.17. The largest absolute Gasteiger partial charge is 0.465 e. The molecule has 0 aliphatic carbocycles. The zero-order chi connectivity index (χ0) is 13.8. The Labute approximate surface area is 114 Å². The van der Waals surface area contributed by atoms with Crippen LogP contribution in [0, 0.1) is 13.8 Å². The van der Waals surface area contributed by atoms with E-state index in [0.29, 0.717) is 6.54 Å². The van der Waals surface area contributed by atoms with Crippen molar-refractivity contribution in [2.45, 2.75) is 26.4 Å². The van der Waals surface area contributed by atoms with Crippen molar-refractivity contribution in [2.75, 3.05) is 13.6 Å². The molecule has 0 aliphatic rings. The first-order valence-electron chi connectivity index (χ1n) is 6.48. The Morgan fingerprint density at radius 1 is 1.26 bits per heavy atom. The Morgan fingerprint density at radius 3 is 2.58 bits per heavy atom. The van der Waals surface area contributed by atoms with Crippen molar-refractivity contribution >= 4 is 0 Å². The first kappa shape index (κ1) is 13.8. The molecule has 0 aliphatic heterocycles. The summed E-state index contributed by atoms with van der Waals surface area (Å²) in [4.78, 5) is 6.52. The molecule has 2 aromatic heterocycles. The van der Waals surface area contributed by atoms with E-state index in [0.717, 1.165) is 29.3 Å². The van der Waals surface area contributed by atoms with Crippen LogP contribution < -0.4 is 5.73 Å². The highest BCUT2D eigenvalue weighted by Crippen LogP contribution is 2.20. The van der Waals surface area contributed by atoms with Gasteiger partial charge in [0, 0.05) is 24.5 Å². The minimum absolute atomic E-state index is 0.151. The van der Waals surface area contributed by atoms with E-state index in [9.17, 15) is 0 Å². The van der Waals surface area contributed by atoms with E-state index in [4.69, 9.17) is 10.2 Å². The maximum absolute atomic E-state index is 5.90. The smallest absolute Gasteiger partial charge is 0.118 e. The second-order valence-electron chi connectivity index (χ2n) is 4.91. The topological polar surface area (TPSA) is 55.3 Å². The third-order valence-electron chi connectivity index (χ3n) is 3.28. The summed E-state index contributed by atoms with van der Waals surface area (Å²) in [5, 5.41) is 0. The molecular weight excluding hydrogens is 238 g/mol. The molecule has 2 heterocycles. The summed E-state index contributed by atoms with van der Waals surface area (Å²) in [7, 11) is 2.05. The van der Waals surface area contributed by atoms with Crippen LogP contribution in [0.1, 0.15) is 28.8 Å². The van der Waals surface area contributed by atoms with Gasteiger partial charge in [0.1, 0.15) is 11.5 Å². The molecular formula is C15H21N3O. The molecule has 0 saturated carbocycles. The van der Waals surface area contributed by atoms with E-state index in [1.807, 2.05) is 38.2 Å². The average Bonchev–Trinajstić information content (AvgIpc) is 2.78. The van der Waals surface area contributed by atoms with Crippen molar-refractivity contribution in [3.63, 3.8) is 0 Å². The highest BCUT2D eigenvalue weighted by atomic mass is 16.3. The molecule has 2 aromatic rings. The molecule has 0 bridgehead atoms. The van der Waals surface area contributed by atoms with Crippen LogP contribution in [0.25, 0.3) is 0 Å². The minimum Gasteiger partial charge on any atom is -0.465 e. The average molecular weight is 259 g/mol. The van der Waals surface area contributed by atoms with Crippen molar-refractivity contribution in [3.05, 3.63) is 53.2 Å². The molecule has 19 heavy (non-hydrogen) atoms. The lowest BCUT2D eigenvalue weighted by atomic mass is 10.1. The van der Waals surface area contributed by atoms with Crippen LogP contribution in [0.5, 0.6) is 0 Å². The summed E-state index contributed by atoms with van der Waals surface area (Å²) in [6.07, 6.45) is 1.90. The lowest BCUT2D eigenvalue weighted by Crippen LogP contribution is -2.30. The standard InChI is InChI=1S/C15H21N3O/c1-11-4-6-13(9-17-11)15(8-16)18(3)10-14-7-5-12(2)19-14/h4-7,9,15H,8,10,16H2,1-3H3.